The maximum atomic E-state index is 9.67. The van der Waals surface area contributed by atoms with E-state index in [-0.39, 0.29) is 16.6 Å². The summed E-state index contributed by atoms with van der Waals surface area (Å²) in [6, 6.07) is 2.82. The zero-order chi connectivity index (χ0) is 11.6. The van der Waals surface area contributed by atoms with Crippen LogP contribution in [0.25, 0.3) is 0 Å². The number of halogens is 3. The molecule has 0 aliphatic carbocycles. The summed E-state index contributed by atoms with van der Waals surface area (Å²) in [5.74, 6) is 0. The van der Waals surface area contributed by atoms with E-state index in [1.807, 2.05) is 0 Å². The van der Waals surface area contributed by atoms with Gasteiger partial charge in [0.1, 0.15) is 6.10 Å². The van der Waals surface area contributed by atoms with Crippen LogP contribution in [0.2, 0.25) is 15.1 Å². The van der Waals surface area contributed by atoms with Crippen LogP contribution in [0.3, 0.4) is 0 Å². The predicted octanol–water partition coefficient (Wildman–Crippen LogP) is 2.00. The Balaban J connectivity index is 3.09. The number of benzene rings is 1. The largest absolute Gasteiger partial charge is 0.389 e. The van der Waals surface area contributed by atoms with Crippen molar-refractivity contribution in [2.24, 2.45) is 5.73 Å². The summed E-state index contributed by atoms with van der Waals surface area (Å²) in [5, 5.41) is 19.8. The Morgan fingerprint density at radius 1 is 1.07 bits per heavy atom. The number of hydrogen-bond acceptors (Lipinski definition) is 3. The van der Waals surface area contributed by atoms with Crippen LogP contribution in [0.4, 0.5) is 0 Å². The van der Waals surface area contributed by atoms with Crippen molar-refractivity contribution in [2.75, 3.05) is 6.54 Å². The van der Waals surface area contributed by atoms with E-state index in [4.69, 9.17) is 40.5 Å². The molecule has 2 atom stereocenters. The quantitative estimate of drug-likeness (QED) is 0.736. The van der Waals surface area contributed by atoms with E-state index in [1.165, 1.54) is 12.1 Å². The van der Waals surface area contributed by atoms with Gasteiger partial charge in [0.2, 0.25) is 0 Å². The van der Waals surface area contributed by atoms with E-state index >= 15 is 0 Å². The van der Waals surface area contributed by atoms with E-state index in [0.29, 0.717) is 10.6 Å². The zero-order valence-electron chi connectivity index (χ0n) is 7.62. The number of nitrogens with two attached hydrogens (primary N) is 1. The average molecular weight is 271 g/mol. The molecule has 2 unspecified atom stereocenters. The molecule has 1 aromatic carbocycles. The predicted molar refractivity (Wildman–Crippen MR) is 61.5 cm³/mol. The van der Waals surface area contributed by atoms with Gasteiger partial charge in [0.25, 0.3) is 0 Å². The van der Waals surface area contributed by atoms with Gasteiger partial charge in [-0.1, -0.05) is 34.8 Å². The first kappa shape index (κ1) is 13.0. The topological polar surface area (TPSA) is 66.5 Å². The summed E-state index contributed by atoms with van der Waals surface area (Å²) >= 11 is 17.3. The molecule has 6 heteroatoms. The van der Waals surface area contributed by atoms with Crippen molar-refractivity contribution in [2.45, 2.75) is 12.2 Å². The van der Waals surface area contributed by atoms with Crippen molar-refractivity contribution < 1.29 is 10.2 Å². The second kappa shape index (κ2) is 5.34. The summed E-state index contributed by atoms with van der Waals surface area (Å²) in [4.78, 5) is 0. The van der Waals surface area contributed by atoms with Crippen molar-refractivity contribution in [1.82, 2.24) is 0 Å². The highest BCUT2D eigenvalue weighted by Gasteiger charge is 2.20. The molecule has 0 fully saturated rings. The minimum atomic E-state index is -1.17. The maximum Gasteiger partial charge on any atom is 0.108 e. The van der Waals surface area contributed by atoms with Gasteiger partial charge in [0.15, 0.2) is 0 Å². The molecule has 0 saturated heterocycles. The first-order valence-corrected chi connectivity index (χ1v) is 5.31. The smallest absolute Gasteiger partial charge is 0.108 e. The number of aliphatic hydroxyl groups is 2. The second-order valence-corrected chi connectivity index (χ2v) is 4.26. The van der Waals surface area contributed by atoms with Gasteiger partial charge in [0, 0.05) is 17.1 Å². The highest BCUT2D eigenvalue weighted by molar-refractivity contribution is 6.43. The Labute approximate surface area is 102 Å². The molecule has 4 N–H and O–H groups in total. The Morgan fingerprint density at radius 2 is 1.60 bits per heavy atom. The summed E-state index contributed by atoms with van der Waals surface area (Å²) in [5.41, 5.74) is 5.53. The molecular weight excluding hydrogens is 260 g/mol. The van der Waals surface area contributed by atoms with Crippen LogP contribution in [0, 0.1) is 0 Å². The Hall–Kier alpha value is -0.0300. The summed E-state index contributed by atoms with van der Waals surface area (Å²) in [7, 11) is 0. The van der Waals surface area contributed by atoms with E-state index in [0.717, 1.165) is 0 Å². The first-order valence-electron chi connectivity index (χ1n) is 4.18. The molecule has 0 saturated carbocycles. The minimum absolute atomic E-state index is 0.0717. The van der Waals surface area contributed by atoms with Crippen LogP contribution >= 0.6 is 34.8 Å². The van der Waals surface area contributed by atoms with E-state index in [2.05, 4.69) is 0 Å². The molecular formula is C9H10Cl3NO2. The van der Waals surface area contributed by atoms with Crippen LogP contribution < -0.4 is 5.73 Å². The van der Waals surface area contributed by atoms with Crippen LogP contribution in [-0.2, 0) is 0 Å². The third kappa shape index (κ3) is 2.97. The lowest BCUT2D eigenvalue weighted by molar-refractivity contribution is 0.0244. The van der Waals surface area contributed by atoms with Crippen molar-refractivity contribution >= 4 is 34.8 Å². The molecule has 3 nitrogen and oxygen atoms in total. The Morgan fingerprint density at radius 3 is 2.13 bits per heavy atom. The lowest BCUT2D eigenvalue weighted by atomic mass is 10.0. The fourth-order valence-corrected chi connectivity index (χ4v) is 1.77. The minimum Gasteiger partial charge on any atom is -0.389 e. The lowest BCUT2D eigenvalue weighted by Crippen LogP contribution is -2.27. The molecule has 0 heterocycles. The van der Waals surface area contributed by atoms with Crippen molar-refractivity contribution in [3.63, 3.8) is 0 Å². The van der Waals surface area contributed by atoms with Crippen molar-refractivity contribution in [3.8, 4) is 0 Å². The second-order valence-electron chi connectivity index (χ2n) is 3.04. The fourth-order valence-electron chi connectivity index (χ4n) is 1.10. The molecule has 0 aromatic heterocycles. The van der Waals surface area contributed by atoms with Gasteiger partial charge < -0.3 is 15.9 Å². The molecule has 0 radical (unpaired) electrons. The highest BCUT2D eigenvalue weighted by atomic mass is 35.5. The molecule has 15 heavy (non-hydrogen) atoms. The molecule has 0 aliphatic heterocycles. The summed E-state index contributed by atoms with van der Waals surface area (Å²) in [6.07, 6.45) is -2.25. The number of aliphatic hydroxyl groups excluding tert-OH is 2. The van der Waals surface area contributed by atoms with Crippen LogP contribution in [0.1, 0.15) is 11.7 Å². The monoisotopic (exact) mass is 269 g/mol. The van der Waals surface area contributed by atoms with Gasteiger partial charge in [-0.25, -0.2) is 0 Å². The van der Waals surface area contributed by atoms with Gasteiger partial charge >= 0.3 is 0 Å². The van der Waals surface area contributed by atoms with Gasteiger partial charge in [0.05, 0.1) is 16.1 Å². The van der Waals surface area contributed by atoms with Crippen molar-refractivity contribution in [3.05, 3.63) is 32.8 Å². The number of hydrogen-bond donors (Lipinski definition) is 3. The third-order valence-corrected chi connectivity index (χ3v) is 3.01. The molecule has 0 amide bonds. The zero-order valence-corrected chi connectivity index (χ0v) is 9.89. The maximum absolute atomic E-state index is 9.67. The van der Waals surface area contributed by atoms with Crippen LogP contribution in [0.5, 0.6) is 0 Å². The van der Waals surface area contributed by atoms with E-state index in [9.17, 15) is 10.2 Å². The van der Waals surface area contributed by atoms with Gasteiger partial charge in [-0.2, -0.15) is 0 Å². The first-order chi connectivity index (χ1) is 6.97. The van der Waals surface area contributed by atoms with Crippen LogP contribution in [0.15, 0.2) is 12.1 Å². The molecule has 0 bridgehead atoms. The third-order valence-electron chi connectivity index (χ3n) is 1.96. The van der Waals surface area contributed by atoms with Crippen LogP contribution in [-0.4, -0.2) is 22.9 Å². The fraction of sp³-hybridized carbons (Fsp3) is 0.333. The molecule has 1 rings (SSSR count). The molecule has 0 spiro atoms. The van der Waals surface area contributed by atoms with Gasteiger partial charge in [-0.15, -0.1) is 0 Å². The van der Waals surface area contributed by atoms with E-state index < -0.39 is 12.2 Å². The van der Waals surface area contributed by atoms with Gasteiger partial charge in [-0.05, 0) is 12.1 Å². The van der Waals surface area contributed by atoms with Crippen molar-refractivity contribution in [1.29, 1.82) is 0 Å². The normalized spacial score (nSPS) is 15.1. The highest BCUT2D eigenvalue weighted by Crippen LogP contribution is 2.33. The Kier molecular flexibility index (Phi) is 4.64. The summed E-state index contributed by atoms with van der Waals surface area (Å²) < 4.78 is 0. The molecule has 1 aromatic rings. The molecule has 84 valence electrons. The summed E-state index contributed by atoms with van der Waals surface area (Å²) in [6.45, 7) is -0.0717. The van der Waals surface area contributed by atoms with E-state index in [1.54, 1.807) is 0 Å². The molecule has 0 aliphatic rings. The standard InChI is InChI=1S/C9H10Cl3NO2/c10-5-2-7(12)6(11)1-4(5)9(15)8(14)3-13/h1-2,8-9,14-15H,3,13H2. The number of rotatable bonds is 3. The Bertz CT molecular complexity index is 359. The average Bonchev–Trinajstić information content (AvgIpc) is 2.21. The van der Waals surface area contributed by atoms with Gasteiger partial charge in [-0.3, -0.25) is 0 Å². The lowest BCUT2D eigenvalue weighted by Gasteiger charge is -2.18. The SMILES string of the molecule is NCC(O)C(O)c1cc(Cl)c(Cl)cc1Cl.